The number of carbonyl (C=O) groups is 2. The maximum absolute atomic E-state index is 12.9. The van der Waals surface area contributed by atoms with Crippen LogP contribution in [0.5, 0.6) is 0 Å². The van der Waals surface area contributed by atoms with Gasteiger partial charge in [-0.2, -0.15) is 0 Å². The first-order valence-corrected chi connectivity index (χ1v) is 11.8. The fraction of sp³-hybridized carbons (Fsp3) is 0.476. The minimum atomic E-state index is -0.717. The number of nitrogens with zero attached hydrogens (tertiary/aromatic N) is 2. The number of aromatic nitrogens is 1. The van der Waals surface area contributed by atoms with Gasteiger partial charge < -0.3 is 15.4 Å². The summed E-state index contributed by atoms with van der Waals surface area (Å²) in [6.07, 6.45) is 0.481. The Labute approximate surface area is 196 Å². The molecule has 2 amide bonds. The number of thiazole rings is 1. The highest BCUT2D eigenvalue weighted by molar-refractivity contribution is 7.13. The van der Waals surface area contributed by atoms with E-state index in [1.165, 1.54) is 17.4 Å². The normalized spacial score (nSPS) is 15.6. The number of ether oxygens (including phenoxy) is 1. The zero-order valence-electron chi connectivity index (χ0n) is 17.5. The van der Waals surface area contributed by atoms with Gasteiger partial charge in [0.1, 0.15) is 6.04 Å². The second-order valence-electron chi connectivity index (χ2n) is 7.80. The molecule has 0 saturated carbocycles. The number of rotatable bonds is 8. The smallest absolute Gasteiger partial charge is 0.253 e. The standard InChI is InChI=1S/C21H26Cl2N4O3S/c1-13(2)9-18(25-19(28)16-4-3-14(22)10-17(16)23)20(29)26-21-24-15(12-31-21)11-27-5-7-30-8-6-27/h3-4,10,12-13,18H,5-9,11H2,1-2H3,(H,25,28)(H,24,26,29). The lowest BCUT2D eigenvalue weighted by atomic mass is 10.0. The third-order valence-corrected chi connectivity index (χ3v) is 6.13. The van der Waals surface area contributed by atoms with Crippen molar-refractivity contribution in [2.45, 2.75) is 32.9 Å². The molecule has 1 aromatic carbocycles. The summed E-state index contributed by atoms with van der Waals surface area (Å²) in [4.78, 5) is 32.4. The summed E-state index contributed by atoms with van der Waals surface area (Å²) < 4.78 is 5.36. The molecule has 0 radical (unpaired) electrons. The minimum absolute atomic E-state index is 0.199. The van der Waals surface area contributed by atoms with Crippen LogP contribution >= 0.6 is 34.5 Å². The average molecular weight is 485 g/mol. The summed E-state index contributed by atoms with van der Waals surface area (Å²) in [7, 11) is 0. The van der Waals surface area contributed by atoms with E-state index in [0.29, 0.717) is 16.6 Å². The molecule has 0 spiro atoms. The molecule has 1 aromatic heterocycles. The highest BCUT2D eigenvalue weighted by Crippen LogP contribution is 2.22. The molecule has 1 fully saturated rings. The lowest BCUT2D eigenvalue weighted by Crippen LogP contribution is -2.44. The first-order chi connectivity index (χ1) is 14.8. The van der Waals surface area contributed by atoms with Crippen LogP contribution in [-0.4, -0.2) is 54.0 Å². The molecule has 0 bridgehead atoms. The van der Waals surface area contributed by atoms with Crippen LogP contribution in [0, 0.1) is 5.92 Å². The molecule has 0 aliphatic carbocycles. The molecule has 7 nitrogen and oxygen atoms in total. The third kappa shape index (κ3) is 7.15. The number of hydrogen-bond donors (Lipinski definition) is 2. The molecule has 168 valence electrons. The topological polar surface area (TPSA) is 83.6 Å². The lowest BCUT2D eigenvalue weighted by molar-refractivity contribution is -0.118. The largest absolute Gasteiger partial charge is 0.379 e. The number of carbonyl (C=O) groups excluding carboxylic acids is 2. The van der Waals surface area contributed by atoms with Gasteiger partial charge in [0.25, 0.3) is 5.91 Å². The van der Waals surface area contributed by atoms with E-state index >= 15 is 0 Å². The average Bonchev–Trinajstić information content (AvgIpc) is 3.14. The third-order valence-electron chi connectivity index (χ3n) is 4.78. The van der Waals surface area contributed by atoms with Gasteiger partial charge >= 0.3 is 0 Å². The maximum Gasteiger partial charge on any atom is 0.253 e. The highest BCUT2D eigenvalue weighted by atomic mass is 35.5. The lowest BCUT2D eigenvalue weighted by Gasteiger charge is -2.25. The van der Waals surface area contributed by atoms with Crippen molar-refractivity contribution in [3.8, 4) is 0 Å². The summed E-state index contributed by atoms with van der Waals surface area (Å²) in [6, 6.07) is 3.92. The summed E-state index contributed by atoms with van der Waals surface area (Å²) >= 11 is 13.4. The van der Waals surface area contributed by atoms with Crippen LogP contribution in [0.1, 0.15) is 36.3 Å². The van der Waals surface area contributed by atoms with Gasteiger partial charge in [0.05, 0.1) is 29.5 Å². The number of anilines is 1. The maximum atomic E-state index is 12.9. The molecule has 31 heavy (non-hydrogen) atoms. The van der Waals surface area contributed by atoms with E-state index < -0.39 is 11.9 Å². The van der Waals surface area contributed by atoms with Crippen LogP contribution in [-0.2, 0) is 16.1 Å². The quantitative estimate of drug-likeness (QED) is 0.589. The van der Waals surface area contributed by atoms with Crippen LogP contribution < -0.4 is 10.6 Å². The second kappa shape index (κ2) is 11.2. The van der Waals surface area contributed by atoms with Crippen molar-refractivity contribution in [2.75, 3.05) is 31.6 Å². The Morgan fingerprint density at radius 1 is 1.26 bits per heavy atom. The van der Waals surface area contributed by atoms with Gasteiger partial charge in [-0.05, 0) is 30.5 Å². The molecule has 1 unspecified atom stereocenters. The van der Waals surface area contributed by atoms with Crippen molar-refractivity contribution in [1.82, 2.24) is 15.2 Å². The number of nitrogens with one attached hydrogen (secondary N) is 2. The van der Waals surface area contributed by atoms with Crippen molar-refractivity contribution in [1.29, 1.82) is 0 Å². The monoisotopic (exact) mass is 484 g/mol. The van der Waals surface area contributed by atoms with Gasteiger partial charge in [-0.3, -0.25) is 14.5 Å². The summed E-state index contributed by atoms with van der Waals surface area (Å²) in [6.45, 7) is 7.89. The Hall–Kier alpha value is -1.71. The molecular weight excluding hydrogens is 459 g/mol. The van der Waals surface area contributed by atoms with Crippen LogP contribution in [0.3, 0.4) is 0 Å². The van der Waals surface area contributed by atoms with E-state index in [2.05, 4.69) is 20.5 Å². The van der Waals surface area contributed by atoms with Crippen LogP contribution in [0.25, 0.3) is 0 Å². The number of amides is 2. The highest BCUT2D eigenvalue weighted by Gasteiger charge is 2.24. The predicted molar refractivity (Wildman–Crippen MR) is 124 cm³/mol. The van der Waals surface area contributed by atoms with Crippen molar-refractivity contribution < 1.29 is 14.3 Å². The van der Waals surface area contributed by atoms with E-state index in [4.69, 9.17) is 27.9 Å². The van der Waals surface area contributed by atoms with Crippen molar-refractivity contribution in [3.05, 3.63) is 44.9 Å². The molecule has 2 N–H and O–H groups in total. The molecule has 1 atom stereocenters. The van der Waals surface area contributed by atoms with Crippen LogP contribution in [0.15, 0.2) is 23.6 Å². The summed E-state index contributed by atoms with van der Waals surface area (Å²) in [5.74, 6) is -0.529. The molecule has 1 aliphatic heterocycles. The summed E-state index contributed by atoms with van der Waals surface area (Å²) in [5.41, 5.74) is 1.18. The van der Waals surface area contributed by atoms with Crippen molar-refractivity contribution in [2.24, 2.45) is 5.92 Å². The van der Waals surface area contributed by atoms with E-state index in [1.54, 1.807) is 12.1 Å². The Bertz CT molecular complexity index is 916. The SMILES string of the molecule is CC(C)CC(NC(=O)c1ccc(Cl)cc1Cl)C(=O)Nc1nc(CN2CCOCC2)cs1. The molecule has 1 saturated heterocycles. The van der Waals surface area contributed by atoms with Gasteiger partial charge in [0.15, 0.2) is 5.13 Å². The van der Waals surface area contributed by atoms with Gasteiger partial charge in [-0.1, -0.05) is 37.0 Å². The van der Waals surface area contributed by atoms with E-state index in [0.717, 1.165) is 38.5 Å². The molecule has 1 aliphatic rings. The zero-order chi connectivity index (χ0) is 22.4. The Morgan fingerprint density at radius 3 is 2.68 bits per heavy atom. The molecular formula is C21H26Cl2N4O3S. The molecule has 2 aromatic rings. The number of benzene rings is 1. The fourth-order valence-corrected chi connectivity index (χ4v) is 4.43. The molecule has 2 heterocycles. The first-order valence-electron chi connectivity index (χ1n) is 10.1. The summed E-state index contributed by atoms with van der Waals surface area (Å²) in [5, 5.41) is 8.77. The fourth-order valence-electron chi connectivity index (χ4n) is 3.23. The molecule has 3 rings (SSSR count). The van der Waals surface area contributed by atoms with Gasteiger partial charge in [0, 0.05) is 30.0 Å². The Kier molecular flexibility index (Phi) is 8.68. The number of morpholine rings is 1. The van der Waals surface area contributed by atoms with Crippen molar-refractivity contribution in [3.63, 3.8) is 0 Å². The second-order valence-corrected chi connectivity index (χ2v) is 9.50. The van der Waals surface area contributed by atoms with Gasteiger partial charge in [-0.15, -0.1) is 11.3 Å². The van der Waals surface area contributed by atoms with E-state index in [-0.39, 0.29) is 22.4 Å². The number of hydrogen-bond acceptors (Lipinski definition) is 6. The van der Waals surface area contributed by atoms with E-state index in [1.807, 2.05) is 19.2 Å². The van der Waals surface area contributed by atoms with Gasteiger partial charge in [0.2, 0.25) is 5.91 Å². The van der Waals surface area contributed by atoms with E-state index in [9.17, 15) is 9.59 Å². The predicted octanol–water partition coefficient (Wildman–Crippen LogP) is 4.07. The number of halogens is 2. The Balaban J connectivity index is 1.63. The molecule has 10 heteroatoms. The minimum Gasteiger partial charge on any atom is -0.379 e. The first kappa shape index (κ1) is 23.9. The van der Waals surface area contributed by atoms with Crippen molar-refractivity contribution >= 4 is 51.5 Å². The van der Waals surface area contributed by atoms with Crippen LogP contribution in [0.4, 0.5) is 5.13 Å². The Morgan fingerprint density at radius 2 is 2.00 bits per heavy atom. The zero-order valence-corrected chi connectivity index (χ0v) is 19.8. The van der Waals surface area contributed by atoms with Gasteiger partial charge in [-0.25, -0.2) is 4.98 Å². The van der Waals surface area contributed by atoms with Crippen LogP contribution in [0.2, 0.25) is 10.0 Å².